The zero-order valence-electron chi connectivity index (χ0n) is 10.5. The summed E-state index contributed by atoms with van der Waals surface area (Å²) in [4.78, 5) is 0. The smallest absolute Gasteiger partial charge is 0.134 e. The second kappa shape index (κ2) is 6.55. The maximum absolute atomic E-state index is 9.93. The van der Waals surface area contributed by atoms with E-state index in [1.165, 1.54) is 5.56 Å². The first-order chi connectivity index (χ1) is 9.08. The third kappa shape index (κ3) is 3.81. The number of halogens is 2. The molecule has 0 aliphatic heterocycles. The van der Waals surface area contributed by atoms with Gasteiger partial charge in [-0.1, -0.05) is 40.2 Å². The van der Waals surface area contributed by atoms with Gasteiger partial charge in [-0.2, -0.15) is 0 Å². The molecular weight excluding hydrogens is 370 g/mol. The van der Waals surface area contributed by atoms with Gasteiger partial charge in [0.2, 0.25) is 0 Å². The van der Waals surface area contributed by atoms with Crippen LogP contribution in [-0.2, 0) is 6.54 Å². The van der Waals surface area contributed by atoms with E-state index in [0.717, 1.165) is 14.5 Å². The van der Waals surface area contributed by atoms with Gasteiger partial charge in [-0.25, -0.2) is 0 Å². The number of para-hydroxylation sites is 1. The van der Waals surface area contributed by atoms with Crippen molar-refractivity contribution in [3.8, 4) is 5.75 Å². The summed E-state index contributed by atoms with van der Waals surface area (Å²) < 4.78 is 1.80. The third-order valence-electron chi connectivity index (χ3n) is 3.02. The highest BCUT2D eigenvalue weighted by molar-refractivity contribution is 9.10. The molecule has 0 aliphatic carbocycles. The van der Waals surface area contributed by atoms with Gasteiger partial charge in [0.1, 0.15) is 5.75 Å². The average Bonchev–Trinajstić information content (AvgIpc) is 2.40. The van der Waals surface area contributed by atoms with Crippen LogP contribution in [0.25, 0.3) is 0 Å². The predicted molar refractivity (Wildman–Crippen MR) is 85.2 cm³/mol. The van der Waals surface area contributed by atoms with Crippen molar-refractivity contribution in [2.45, 2.75) is 19.5 Å². The summed E-state index contributed by atoms with van der Waals surface area (Å²) in [5.41, 5.74) is 2.10. The Balaban J connectivity index is 2.04. The van der Waals surface area contributed by atoms with E-state index in [9.17, 15) is 5.11 Å². The fraction of sp³-hybridized carbons (Fsp3) is 0.200. The normalized spacial score (nSPS) is 12.4. The molecule has 2 N–H and O–H groups in total. The van der Waals surface area contributed by atoms with Crippen molar-refractivity contribution in [2.75, 3.05) is 0 Å². The zero-order valence-corrected chi connectivity index (χ0v) is 13.7. The lowest BCUT2D eigenvalue weighted by atomic mass is 10.1. The van der Waals surface area contributed by atoms with Crippen LogP contribution in [-0.4, -0.2) is 5.11 Å². The minimum Gasteiger partial charge on any atom is -0.506 e. The molecule has 0 bridgehead atoms. The largest absolute Gasteiger partial charge is 0.506 e. The molecule has 0 radical (unpaired) electrons. The lowest BCUT2D eigenvalue weighted by Crippen LogP contribution is -2.18. The number of phenolic OH excluding ortho intramolecular Hbond substituents is 1. The lowest BCUT2D eigenvalue weighted by molar-refractivity contribution is 0.457. The van der Waals surface area contributed by atoms with Crippen molar-refractivity contribution < 1.29 is 5.11 Å². The molecule has 19 heavy (non-hydrogen) atoms. The summed E-state index contributed by atoms with van der Waals surface area (Å²) in [6.45, 7) is 2.73. The molecule has 0 unspecified atom stereocenters. The Labute approximate surface area is 130 Å². The Hall–Kier alpha value is -0.840. The van der Waals surface area contributed by atoms with E-state index in [1.54, 1.807) is 0 Å². The molecule has 100 valence electrons. The molecule has 0 heterocycles. The summed E-state index contributed by atoms with van der Waals surface area (Å²) in [6.07, 6.45) is 0. The fourth-order valence-electron chi connectivity index (χ4n) is 1.86. The first-order valence-corrected chi connectivity index (χ1v) is 7.61. The quantitative estimate of drug-likeness (QED) is 0.795. The summed E-state index contributed by atoms with van der Waals surface area (Å²) in [5, 5.41) is 13.3. The first-order valence-electron chi connectivity index (χ1n) is 6.03. The Bertz CT molecular complexity index is 572. The van der Waals surface area contributed by atoms with Crippen LogP contribution >= 0.6 is 31.9 Å². The third-order valence-corrected chi connectivity index (χ3v) is 4.15. The second-order valence-corrected chi connectivity index (χ2v) is 6.18. The molecular formula is C15H15Br2NO. The summed E-state index contributed by atoms with van der Waals surface area (Å²) in [6, 6.07) is 14.1. The van der Waals surface area contributed by atoms with Crippen molar-refractivity contribution in [3.63, 3.8) is 0 Å². The molecule has 0 aliphatic rings. The number of rotatable bonds is 4. The number of hydrogen-bond acceptors (Lipinski definition) is 2. The first kappa shape index (κ1) is 14.6. The summed E-state index contributed by atoms with van der Waals surface area (Å²) >= 11 is 6.80. The van der Waals surface area contributed by atoms with Crippen molar-refractivity contribution >= 4 is 31.9 Å². The van der Waals surface area contributed by atoms with Gasteiger partial charge in [-0.3, -0.25) is 0 Å². The van der Waals surface area contributed by atoms with E-state index < -0.39 is 0 Å². The molecule has 0 saturated heterocycles. The van der Waals surface area contributed by atoms with Crippen molar-refractivity contribution in [1.82, 2.24) is 5.32 Å². The molecule has 0 saturated carbocycles. The molecule has 1 atom stereocenters. The Morgan fingerprint density at radius 3 is 2.63 bits per heavy atom. The van der Waals surface area contributed by atoms with E-state index in [0.29, 0.717) is 12.3 Å². The van der Waals surface area contributed by atoms with E-state index >= 15 is 0 Å². The van der Waals surface area contributed by atoms with Gasteiger partial charge in [0, 0.05) is 22.6 Å². The fourth-order valence-corrected chi connectivity index (χ4v) is 2.68. The Morgan fingerprint density at radius 2 is 1.89 bits per heavy atom. The molecule has 2 nitrogen and oxygen atoms in total. The van der Waals surface area contributed by atoms with E-state index in [4.69, 9.17) is 0 Å². The van der Waals surface area contributed by atoms with Gasteiger partial charge in [-0.15, -0.1) is 0 Å². The highest BCUT2D eigenvalue weighted by Crippen LogP contribution is 2.28. The van der Waals surface area contributed by atoms with Crippen molar-refractivity contribution in [2.24, 2.45) is 0 Å². The molecule has 0 amide bonds. The van der Waals surface area contributed by atoms with Crippen molar-refractivity contribution in [1.29, 1.82) is 0 Å². The molecule has 4 heteroatoms. The van der Waals surface area contributed by atoms with Crippen LogP contribution in [0.15, 0.2) is 51.4 Å². The van der Waals surface area contributed by atoms with Crippen LogP contribution < -0.4 is 5.32 Å². The maximum atomic E-state index is 9.93. The Morgan fingerprint density at radius 1 is 1.16 bits per heavy atom. The minimum absolute atomic E-state index is 0.218. The van der Waals surface area contributed by atoms with Crippen LogP contribution in [0.4, 0.5) is 0 Å². The summed E-state index contributed by atoms with van der Waals surface area (Å²) in [5.74, 6) is 0.302. The van der Waals surface area contributed by atoms with Crippen LogP contribution in [0.1, 0.15) is 24.1 Å². The predicted octanol–water partition coefficient (Wildman–Crippen LogP) is 4.77. The monoisotopic (exact) mass is 383 g/mol. The summed E-state index contributed by atoms with van der Waals surface area (Å²) in [7, 11) is 0. The molecule has 2 rings (SSSR count). The van der Waals surface area contributed by atoms with E-state index in [2.05, 4.69) is 56.2 Å². The maximum Gasteiger partial charge on any atom is 0.134 e. The van der Waals surface area contributed by atoms with Crippen molar-refractivity contribution in [3.05, 3.63) is 62.5 Å². The van der Waals surface area contributed by atoms with E-state index in [1.807, 2.05) is 30.3 Å². The number of benzene rings is 2. The van der Waals surface area contributed by atoms with Crippen LogP contribution in [0.2, 0.25) is 0 Å². The van der Waals surface area contributed by atoms with Crippen LogP contribution in [0.5, 0.6) is 5.75 Å². The number of hydrogen-bond donors (Lipinski definition) is 2. The number of nitrogens with one attached hydrogen (secondary N) is 1. The van der Waals surface area contributed by atoms with Gasteiger partial charge in [0.25, 0.3) is 0 Å². The van der Waals surface area contributed by atoms with Gasteiger partial charge in [-0.05, 0) is 46.6 Å². The Kier molecular flexibility index (Phi) is 5.02. The molecule has 0 spiro atoms. The molecule has 0 aromatic heterocycles. The van der Waals surface area contributed by atoms with Crippen LogP contribution in [0, 0.1) is 0 Å². The van der Waals surface area contributed by atoms with Gasteiger partial charge in [0.15, 0.2) is 0 Å². The van der Waals surface area contributed by atoms with Gasteiger partial charge in [0.05, 0.1) is 4.47 Å². The van der Waals surface area contributed by atoms with Gasteiger partial charge < -0.3 is 10.4 Å². The minimum atomic E-state index is 0.218. The standard InChI is InChI=1S/C15H15Br2NO/c1-10(11-4-2-6-13(16)8-11)18-9-12-5-3-7-14(17)15(12)19/h2-8,10,18-19H,9H2,1H3/t10-/m1/s1. The highest BCUT2D eigenvalue weighted by atomic mass is 79.9. The molecule has 2 aromatic rings. The molecule has 0 fully saturated rings. The SMILES string of the molecule is C[C@@H](NCc1cccc(Br)c1O)c1cccc(Br)c1. The second-order valence-electron chi connectivity index (χ2n) is 4.41. The van der Waals surface area contributed by atoms with Gasteiger partial charge >= 0.3 is 0 Å². The molecule has 2 aromatic carbocycles. The highest BCUT2D eigenvalue weighted by Gasteiger charge is 2.08. The number of aromatic hydroxyl groups is 1. The average molecular weight is 385 g/mol. The zero-order chi connectivity index (χ0) is 13.8. The van der Waals surface area contributed by atoms with E-state index in [-0.39, 0.29) is 6.04 Å². The number of phenols is 1. The van der Waals surface area contributed by atoms with Crippen LogP contribution in [0.3, 0.4) is 0 Å². The lowest BCUT2D eigenvalue weighted by Gasteiger charge is -2.15. The topological polar surface area (TPSA) is 32.3 Å².